The molecular weight excluding hydrogens is 389 g/mol. The van der Waals surface area contributed by atoms with Crippen molar-refractivity contribution in [2.45, 2.75) is 12.3 Å². The van der Waals surface area contributed by atoms with Crippen LogP contribution in [0.4, 0.5) is 10.1 Å². The lowest BCUT2D eigenvalue weighted by molar-refractivity contribution is -0.116. The van der Waals surface area contributed by atoms with Gasteiger partial charge in [-0.25, -0.2) is 4.39 Å². The first kappa shape index (κ1) is 19.0. The van der Waals surface area contributed by atoms with Gasteiger partial charge < -0.3 is 14.8 Å². The Bertz CT molecular complexity index is 1100. The van der Waals surface area contributed by atoms with Crippen molar-refractivity contribution in [1.82, 2.24) is 0 Å². The molecule has 3 aromatic rings. The summed E-state index contributed by atoms with van der Waals surface area (Å²) in [5.41, 5.74) is 3.50. The molecule has 0 saturated heterocycles. The summed E-state index contributed by atoms with van der Waals surface area (Å²) < 4.78 is 24.3. The number of carbonyl (C=O) groups is 1. The lowest BCUT2D eigenvalue weighted by Gasteiger charge is -2.24. The van der Waals surface area contributed by atoms with Crippen LogP contribution in [-0.4, -0.2) is 19.6 Å². The Labute approximate surface area is 172 Å². The zero-order chi connectivity index (χ0) is 20.4. The fourth-order valence-corrected chi connectivity index (χ4v) is 4.64. The topological polar surface area (TPSA) is 47.6 Å². The predicted octanol–water partition coefficient (Wildman–Crippen LogP) is 5.05. The molecular formula is C23H18FNO3S. The summed E-state index contributed by atoms with van der Waals surface area (Å²) in [6, 6.07) is 11.9. The molecule has 1 aromatic heterocycles. The summed E-state index contributed by atoms with van der Waals surface area (Å²) in [7, 11) is 1.57. The van der Waals surface area contributed by atoms with Crippen LogP contribution in [0.25, 0.3) is 11.1 Å². The highest BCUT2D eigenvalue weighted by molar-refractivity contribution is 7.11. The smallest absolute Gasteiger partial charge is 0.225 e. The SMILES string of the molecule is C#CCOc1ccc(C2CC(=O)Nc3c(-c4ccc(F)cc4)csc32)cc1OC. The summed E-state index contributed by atoms with van der Waals surface area (Å²) >= 11 is 1.58. The Kier molecular flexibility index (Phi) is 5.24. The van der Waals surface area contributed by atoms with E-state index in [1.807, 2.05) is 23.6 Å². The Morgan fingerprint density at radius 3 is 2.76 bits per heavy atom. The molecule has 4 rings (SSSR count). The number of nitrogens with one attached hydrogen (secondary N) is 1. The Hall–Kier alpha value is -3.30. The van der Waals surface area contributed by atoms with E-state index in [9.17, 15) is 9.18 Å². The van der Waals surface area contributed by atoms with E-state index in [0.717, 1.165) is 27.3 Å². The summed E-state index contributed by atoms with van der Waals surface area (Å²) in [5, 5.41) is 4.99. The molecule has 146 valence electrons. The minimum absolute atomic E-state index is 0.0594. The number of terminal acetylenes is 1. The fraction of sp³-hybridized carbons (Fsp3) is 0.174. The molecule has 1 N–H and O–H groups in total. The van der Waals surface area contributed by atoms with Crippen molar-refractivity contribution in [2.24, 2.45) is 0 Å². The van der Waals surface area contributed by atoms with Gasteiger partial charge in [-0.05, 0) is 35.4 Å². The highest BCUT2D eigenvalue weighted by Crippen LogP contribution is 2.47. The number of anilines is 1. The lowest BCUT2D eigenvalue weighted by Crippen LogP contribution is -2.22. The Morgan fingerprint density at radius 2 is 2.03 bits per heavy atom. The number of rotatable bonds is 5. The molecule has 1 unspecified atom stereocenters. The third kappa shape index (κ3) is 3.69. The third-order valence-electron chi connectivity index (χ3n) is 4.85. The Morgan fingerprint density at radius 1 is 1.24 bits per heavy atom. The minimum atomic E-state index is -0.293. The van der Waals surface area contributed by atoms with Gasteiger partial charge in [-0.3, -0.25) is 4.79 Å². The number of benzene rings is 2. The van der Waals surface area contributed by atoms with E-state index >= 15 is 0 Å². The lowest BCUT2D eigenvalue weighted by atomic mass is 9.89. The molecule has 2 aromatic carbocycles. The first-order valence-electron chi connectivity index (χ1n) is 9.02. The van der Waals surface area contributed by atoms with Crippen molar-refractivity contribution >= 4 is 22.9 Å². The van der Waals surface area contributed by atoms with Crippen molar-refractivity contribution in [3.8, 4) is 35.0 Å². The second-order valence-electron chi connectivity index (χ2n) is 6.60. The molecule has 0 saturated carbocycles. The molecule has 0 radical (unpaired) electrons. The monoisotopic (exact) mass is 407 g/mol. The van der Waals surface area contributed by atoms with E-state index in [4.69, 9.17) is 15.9 Å². The van der Waals surface area contributed by atoms with Crippen molar-refractivity contribution in [3.63, 3.8) is 0 Å². The van der Waals surface area contributed by atoms with E-state index in [2.05, 4.69) is 11.2 Å². The average molecular weight is 407 g/mol. The first-order valence-corrected chi connectivity index (χ1v) is 9.90. The number of halogens is 1. The van der Waals surface area contributed by atoms with Crippen LogP contribution >= 0.6 is 11.3 Å². The highest BCUT2D eigenvalue weighted by Gasteiger charge is 2.31. The van der Waals surface area contributed by atoms with E-state index in [0.29, 0.717) is 17.9 Å². The van der Waals surface area contributed by atoms with Crippen LogP contribution < -0.4 is 14.8 Å². The van der Waals surface area contributed by atoms with Gasteiger partial charge in [0.25, 0.3) is 0 Å². The molecule has 1 aliphatic heterocycles. The summed E-state index contributed by atoms with van der Waals surface area (Å²) in [5.74, 6) is 3.11. The summed E-state index contributed by atoms with van der Waals surface area (Å²) in [6.07, 6.45) is 5.60. The molecule has 29 heavy (non-hydrogen) atoms. The van der Waals surface area contributed by atoms with Gasteiger partial charge in [0.2, 0.25) is 5.91 Å². The number of hydrogen-bond donors (Lipinski definition) is 1. The maximum Gasteiger partial charge on any atom is 0.225 e. The van der Waals surface area contributed by atoms with Crippen LogP contribution in [-0.2, 0) is 4.79 Å². The maximum atomic E-state index is 13.3. The van der Waals surface area contributed by atoms with Gasteiger partial charge in [0.05, 0.1) is 12.8 Å². The zero-order valence-corrected chi connectivity index (χ0v) is 16.5. The molecule has 0 spiro atoms. The van der Waals surface area contributed by atoms with Gasteiger partial charge in [-0.1, -0.05) is 24.1 Å². The number of methoxy groups -OCH3 is 1. The molecule has 0 aliphatic carbocycles. The van der Waals surface area contributed by atoms with Crippen molar-refractivity contribution in [2.75, 3.05) is 19.0 Å². The number of ether oxygens (including phenoxy) is 2. The van der Waals surface area contributed by atoms with Gasteiger partial charge >= 0.3 is 0 Å². The van der Waals surface area contributed by atoms with E-state index in [1.165, 1.54) is 12.1 Å². The molecule has 0 bridgehead atoms. The predicted molar refractivity (Wildman–Crippen MR) is 112 cm³/mol. The van der Waals surface area contributed by atoms with Gasteiger partial charge in [0.15, 0.2) is 11.5 Å². The second-order valence-corrected chi connectivity index (χ2v) is 7.51. The molecule has 1 aliphatic rings. The van der Waals surface area contributed by atoms with E-state index in [1.54, 1.807) is 30.6 Å². The number of carbonyl (C=O) groups excluding carboxylic acids is 1. The van der Waals surface area contributed by atoms with Gasteiger partial charge in [0.1, 0.15) is 12.4 Å². The Balaban J connectivity index is 1.73. The van der Waals surface area contributed by atoms with Crippen LogP contribution in [0.3, 0.4) is 0 Å². The average Bonchev–Trinajstić information content (AvgIpc) is 3.15. The third-order valence-corrected chi connectivity index (χ3v) is 5.94. The first-order chi connectivity index (χ1) is 14.1. The molecule has 0 fully saturated rings. The number of hydrogen-bond acceptors (Lipinski definition) is 4. The quantitative estimate of drug-likeness (QED) is 0.602. The summed E-state index contributed by atoms with van der Waals surface area (Å²) in [6.45, 7) is 0.150. The maximum absolute atomic E-state index is 13.3. The van der Waals surface area contributed by atoms with Gasteiger partial charge in [-0.2, -0.15) is 0 Å². The van der Waals surface area contributed by atoms with E-state index in [-0.39, 0.29) is 24.2 Å². The number of amides is 1. The van der Waals surface area contributed by atoms with Crippen molar-refractivity contribution < 1.29 is 18.7 Å². The van der Waals surface area contributed by atoms with E-state index < -0.39 is 0 Å². The normalized spacial score (nSPS) is 15.2. The molecule has 1 atom stereocenters. The van der Waals surface area contributed by atoms with Crippen LogP contribution in [0.15, 0.2) is 47.8 Å². The van der Waals surface area contributed by atoms with Crippen LogP contribution in [0.1, 0.15) is 22.8 Å². The minimum Gasteiger partial charge on any atom is -0.493 e. The molecule has 6 heteroatoms. The molecule has 4 nitrogen and oxygen atoms in total. The largest absolute Gasteiger partial charge is 0.493 e. The van der Waals surface area contributed by atoms with Crippen LogP contribution in [0.2, 0.25) is 0 Å². The van der Waals surface area contributed by atoms with Crippen LogP contribution in [0, 0.1) is 18.2 Å². The zero-order valence-electron chi connectivity index (χ0n) is 15.7. The van der Waals surface area contributed by atoms with Crippen molar-refractivity contribution in [1.29, 1.82) is 0 Å². The van der Waals surface area contributed by atoms with Gasteiger partial charge in [0, 0.05) is 28.2 Å². The van der Waals surface area contributed by atoms with Crippen molar-refractivity contribution in [3.05, 3.63) is 64.1 Å². The molecule has 2 heterocycles. The molecule has 1 amide bonds. The fourth-order valence-electron chi connectivity index (χ4n) is 3.48. The number of thiophene rings is 1. The summed E-state index contributed by atoms with van der Waals surface area (Å²) in [4.78, 5) is 13.5. The standard InChI is InChI=1S/C23H18FNO3S/c1-3-10-28-19-9-6-15(11-20(19)27-2)17-12-21(26)25-22-18(13-29-23(17)22)14-4-7-16(24)8-5-14/h1,4-9,11,13,17H,10,12H2,2H3,(H,25,26). The highest BCUT2D eigenvalue weighted by atomic mass is 32.1. The van der Waals surface area contributed by atoms with Crippen LogP contribution in [0.5, 0.6) is 11.5 Å². The second kappa shape index (κ2) is 7.98. The number of fused-ring (bicyclic) bond motifs is 1. The van der Waals surface area contributed by atoms with Gasteiger partial charge in [-0.15, -0.1) is 17.8 Å².